The Morgan fingerprint density at radius 2 is 2.00 bits per heavy atom. The summed E-state index contributed by atoms with van der Waals surface area (Å²) < 4.78 is 0.804. The Balaban J connectivity index is 2.38. The minimum absolute atomic E-state index is 0.516. The fourth-order valence-electron chi connectivity index (χ4n) is 2.33. The molecule has 1 fully saturated rings. The third-order valence-electron chi connectivity index (χ3n) is 3.23. The van der Waals surface area contributed by atoms with Gasteiger partial charge in [-0.15, -0.1) is 0 Å². The lowest BCUT2D eigenvalue weighted by molar-refractivity contribution is -0.623. The van der Waals surface area contributed by atoms with Gasteiger partial charge in [-0.05, 0) is 38.2 Å². The SMILES string of the molecule is Cc1cc[n+]([O-])c(C2(O)CCCCC2)c1. The van der Waals surface area contributed by atoms with Crippen LogP contribution in [0.25, 0.3) is 0 Å². The Hall–Kier alpha value is -1.09. The summed E-state index contributed by atoms with van der Waals surface area (Å²) in [5.74, 6) is 0. The van der Waals surface area contributed by atoms with E-state index in [9.17, 15) is 10.3 Å². The fourth-order valence-corrected chi connectivity index (χ4v) is 2.33. The van der Waals surface area contributed by atoms with E-state index in [0.29, 0.717) is 18.5 Å². The lowest BCUT2D eigenvalue weighted by atomic mass is 9.82. The number of hydrogen-bond acceptors (Lipinski definition) is 2. The average Bonchev–Trinajstić information content (AvgIpc) is 2.23. The highest BCUT2D eigenvalue weighted by atomic mass is 16.5. The van der Waals surface area contributed by atoms with E-state index in [-0.39, 0.29) is 0 Å². The van der Waals surface area contributed by atoms with Crippen LogP contribution in [-0.4, -0.2) is 5.11 Å². The topological polar surface area (TPSA) is 47.2 Å². The maximum atomic E-state index is 11.6. The number of aliphatic hydroxyl groups is 1. The molecule has 1 aromatic heterocycles. The second-order valence-corrected chi connectivity index (χ2v) is 4.51. The van der Waals surface area contributed by atoms with Gasteiger partial charge in [0.15, 0.2) is 6.20 Å². The largest absolute Gasteiger partial charge is 0.618 e. The Morgan fingerprint density at radius 3 is 2.67 bits per heavy atom. The molecule has 0 spiro atoms. The third-order valence-corrected chi connectivity index (χ3v) is 3.23. The van der Waals surface area contributed by atoms with E-state index in [0.717, 1.165) is 29.6 Å². The van der Waals surface area contributed by atoms with Gasteiger partial charge in [-0.1, -0.05) is 6.42 Å². The summed E-state index contributed by atoms with van der Waals surface area (Å²) in [5.41, 5.74) is 0.643. The summed E-state index contributed by atoms with van der Waals surface area (Å²) >= 11 is 0. The molecule has 0 unspecified atom stereocenters. The van der Waals surface area contributed by atoms with Crippen LogP contribution in [0.5, 0.6) is 0 Å². The lowest BCUT2D eigenvalue weighted by Crippen LogP contribution is -2.43. The summed E-state index contributed by atoms with van der Waals surface area (Å²) in [7, 11) is 0. The van der Waals surface area contributed by atoms with Crippen LogP contribution in [0.15, 0.2) is 18.3 Å². The molecule has 0 atom stereocenters. The molecule has 0 aliphatic heterocycles. The molecule has 1 N–H and O–H groups in total. The zero-order valence-electron chi connectivity index (χ0n) is 9.07. The van der Waals surface area contributed by atoms with E-state index >= 15 is 0 Å². The van der Waals surface area contributed by atoms with Gasteiger partial charge < -0.3 is 10.3 Å². The molecule has 0 radical (unpaired) electrons. The molecule has 3 heteroatoms. The molecule has 3 nitrogen and oxygen atoms in total. The summed E-state index contributed by atoms with van der Waals surface area (Å²) in [6.45, 7) is 1.94. The maximum absolute atomic E-state index is 11.6. The van der Waals surface area contributed by atoms with E-state index in [1.54, 1.807) is 12.1 Å². The summed E-state index contributed by atoms with van der Waals surface area (Å²) in [6, 6.07) is 3.57. The molecule has 1 aliphatic rings. The van der Waals surface area contributed by atoms with Crippen molar-refractivity contribution in [3.05, 3.63) is 34.8 Å². The number of rotatable bonds is 1. The zero-order valence-corrected chi connectivity index (χ0v) is 9.07. The minimum atomic E-state index is -0.897. The molecule has 0 saturated heterocycles. The molecule has 1 heterocycles. The highest BCUT2D eigenvalue weighted by molar-refractivity contribution is 5.16. The van der Waals surface area contributed by atoms with Crippen molar-refractivity contribution >= 4 is 0 Å². The normalized spacial score (nSPS) is 20.1. The van der Waals surface area contributed by atoms with Gasteiger partial charge in [-0.3, -0.25) is 0 Å². The molecule has 1 saturated carbocycles. The van der Waals surface area contributed by atoms with Crippen molar-refractivity contribution in [2.45, 2.75) is 44.6 Å². The molecule has 0 amide bonds. The first-order valence-electron chi connectivity index (χ1n) is 5.54. The molecule has 1 aliphatic carbocycles. The van der Waals surface area contributed by atoms with Crippen LogP contribution in [0.1, 0.15) is 43.4 Å². The van der Waals surface area contributed by atoms with Gasteiger partial charge in [0.05, 0.1) is 0 Å². The van der Waals surface area contributed by atoms with Crippen molar-refractivity contribution < 1.29 is 9.84 Å². The highest BCUT2D eigenvalue weighted by Crippen LogP contribution is 2.35. The molecule has 2 rings (SSSR count). The highest BCUT2D eigenvalue weighted by Gasteiger charge is 2.37. The van der Waals surface area contributed by atoms with Crippen molar-refractivity contribution in [3.8, 4) is 0 Å². The van der Waals surface area contributed by atoms with Crippen molar-refractivity contribution in [1.82, 2.24) is 0 Å². The van der Waals surface area contributed by atoms with Crippen LogP contribution < -0.4 is 4.73 Å². The van der Waals surface area contributed by atoms with E-state index in [1.165, 1.54) is 6.20 Å². The zero-order chi connectivity index (χ0) is 10.9. The Kier molecular flexibility index (Phi) is 2.65. The number of aromatic nitrogens is 1. The van der Waals surface area contributed by atoms with Gasteiger partial charge >= 0.3 is 0 Å². The first-order chi connectivity index (χ1) is 7.12. The second-order valence-electron chi connectivity index (χ2n) is 4.51. The van der Waals surface area contributed by atoms with Crippen LogP contribution in [0.2, 0.25) is 0 Å². The van der Waals surface area contributed by atoms with E-state index in [1.807, 2.05) is 6.92 Å². The van der Waals surface area contributed by atoms with Crippen molar-refractivity contribution in [3.63, 3.8) is 0 Å². The molecule has 0 aromatic carbocycles. The van der Waals surface area contributed by atoms with Crippen molar-refractivity contribution in [1.29, 1.82) is 0 Å². The van der Waals surface area contributed by atoms with Crippen molar-refractivity contribution in [2.75, 3.05) is 0 Å². The van der Waals surface area contributed by atoms with Gasteiger partial charge in [-0.2, -0.15) is 4.73 Å². The maximum Gasteiger partial charge on any atom is 0.224 e. The molecule has 82 valence electrons. The third kappa shape index (κ3) is 1.97. The predicted molar refractivity (Wildman–Crippen MR) is 57.1 cm³/mol. The first kappa shape index (κ1) is 10.4. The number of hydrogen-bond donors (Lipinski definition) is 1. The Bertz CT molecular complexity index is 357. The summed E-state index contributed by atoms with van der Waals surface area (Å²) in [6.07, 6.45) is 6.07. The smallest absolute Gasteiger partial charge is 0.224 e. The van der Waals surface area contributed by atoms with Crippen molar-refractivity contribution in [2.24, 2.45) is 0 Å². The van der Waals surface area contributed by atoms with Gasteiger partial charge in [0.2, 0.25) is 5.69 Å². The van der Waals surface area contributed by atoms with Crippen LogP contribution >= 0.6 is 0 Å². The number of aryl methyl sites for hydroxylation is 1. The minimum Gasteiger partial charge on any atom is -0.618 e. The van der Waals surface area contributed by atoms with Gasteiger partial charge in [0, 0.05) is 12.1 Å². The average molecular weight is 207 g/mol. The first-order valence-corrected chi connectivity index (χ1v) is 5.54. The van der Waals surface area contributed by atoms with E-state index in [4.69, 9.17) is 0 Å². The van der Waals surface area contributed by atoms with Crippen LogP contribution in [0, 0.1) is 12.1 Å². The number of pyridine rings is 1. The fraction of sp³-hybridized carbons (Fsp3) is 0.583. The Morgan fingerprint density at radius 1 is 1.33 bits per heavy atom. The van der Waals surface area contributed by atoms with Gasteiger partial charge in [0.25, 0.3) is 0 Å². The summed E-state index contributed by atoms with van der Waals surface area (Å²) in [4.78, 5) is 0. The quantitative estimate of drug-likeness (QED) is 0.563. The molecular formula is C12H17NO2. The molecular weight excluding hydrogens is 190 g/mol. The predicted octanol–water partition coefficient (Wildman–Crippen LogP) is 1.78. The standard InChI is InChI=1S/C12H17NO2/c1-10-5-8-13(15)11(9-10)12(14)6-3-2-4-7-12/h5,8-9,14H,2-4,6-7H2,1H3. The van der Waals surface area contributed by atoms with Crippen LogP contribution in [0.4, 0.5) is 0 Å². The van der Waals surface area contributed by atoms with Gasteiger partial charge in [0.1, 0.15) is 5.60 Å². The molecule has 1 aromatic rings. The molecule has 15 heavy (non-hydrogen) atoms. The Labute approximate surface area is 90.0 Å². The lowest BCUT2D eigenvalue weighted by Gasteiger charge is -2.30. The second kappa shape index (κ2) is 3.81. The van der Waals surface area contributed by atoms with E-state index in [2.05, 4.69) is 0 Å². The van der Waals surface area contributed by atoms with E-state index < -0.39 is 5.60 Å². The summed E-state index contributed by atoms with van der Waals surface area (Å²) in [5, 5.41) is 22.1. The monoisotopic (exact) mass is 207 g/mol. The van der Waals surface area contributed by atoms with Crippen LogP contribution in [0.3, 0.4) is 0 Å². The van der Waals surface area contributed by atoms with Crippen LogP contribution in [-0.2, 0) is 5.60 Å². The number of nitrogens with zero attached hydrogens (tertiary/aromatic N) is 1. The van der Waals surface area contributed by atoms with Gasteiger partial charge in [-0.25, -0.2) is 0 Å². The molecule has 0 bridgehead atoms.